The Bertz CT molecular complexity index is 1210. The largest absolute Gasteiger partial charge is 0.496 e. The lowest BCUT2D eigenvalue weighted by atomic mass is 10.00. The van der Waals surface area contributed by atoms with E-state index >= 15 is 0 Å². The third kappa shape index (κ3) is 4.26. The van der Waals surface area contributed by atoms with E-state index in [9.17, 15) is 0 Å². The summed E-state index contributed by atoms with van der Waals surface area (Å²) in [6.45, 7) is 4.27. The molecule has 0 saturated carbocycles. The number of nitrogens with one attached hydrogen (secondary N) is 1. The number of pyridine rings is 1. The van der Waals surface area contributed by atoms with E-state index in [1.165, 1.54) is 0 Å². The van der Waals surface area contributed by atoms with Gasteiger partial charge in [-0.1, -0.05) is 25.1 Å². The van der Waals surface area contributed by atoms with Gasteiger partial charge in [0.2, 0.25) is 0 Å². The van der Waals surface area contributed by atoms with Crippen LogP contribution in [0.25, 0.3) is 22.3 Å². The number of rotatable bonds is 7. The highest BCUT2D eigenvalue weighted by atomic mass is 32.1. The van der Waals surface area contributed by atoms with Crippen molar-refractivity contribution in [3.8, 4) is 17.0 Å². The second kappa shape index (κ2) is 9.54. The Balaban J connectivity index is 0.00000245. The first kappa shape index (κ1) is 22.0. The van der Waals surface area contributed by atoms with E-state index in [2.05, 4.69) is 44.4 Å². The second-order valence-corrected chi connectivity index (χ2v) is 7.73. The summed E-state index contributed by atoms with van der Waals surface area (Å²) in [7, 11) is 1.70. The van der Waals surface area contributed by atoms with Gasteiger partial charge in [0.15, 0.2) is 5.65 Å². The molecule has 8 nitrogen and oxygen atoms in total. The summed E-state index contributed by atoms with van der Waals surface area (Å²) in [4.78, 5) is 13.5. The number of fused-ring (bicyclic) bond motifs is 1. The zero-order valence-corrected chi connectivity index (χ0v) is 19.0. The molecule has 0 bridgehead atoms. The maximum absolute atomic E-state index is 5.48. The second-order valence-electron chi connectivity index (χ2n) is 7.73. The molecule has 5 rings (SSSR count). The molecule has 0 radical (unpaired) electrons. The number of anilines is 1. The predicted octanol–water partition coefficient (Wildman–Crippen LogP) is 3.80. The lowest BCUT2D eigenvalue weighted by Crippen LogP contribution is -2.31. The molecule has 1 aromatic carbocycles. The van der Waals surface area contributed by atoms with Crippen molar-refractivity contribution in [2.45, 2.75) is 18.9 Å². The van der Waals surface area contributed by atoms with Gasteiger partial charge in [0, 0.05) is 35.7 Å². The minimum Gasteiger partial charge on any atom is -0.496 e. The van der Waals surface area contributed by atoms with E-state index in [0.717, 1.165) is 46.0 Å². The van der Waals surface area contributed by atoms with Crippen LogP contribution in [0.3, 0.4) is 0 Å². The van der Waals surface area contributed by atoms with Crippen LogP contribution in [0.1, 0.15) is 24.4 Å². The number of hydrogen-bond donors (Lipinski definition) is 1. The molecule has 0 aliphatic carbocycles. The highest BCUT2D eigenvalue weighted by Gasteiger charge is 2.23. The van der Waals surface area contributed by atoms with Crippen LogP contribution >= 0.6 is 13.5 Å². The standard InChI is InChI=1S/C23H24N6O2.H2S/c1-15(19-5-3-4-6-21(19)30-2)9-24-22-8-20(26-14-27-22)16-7-17-11-28-29(18-12-31-13-18)23(17)25-10-16;/h3-8,10-11,14-15,18H,9,12-13H2,1-2H3,(H,24,26,27);1H2/t15-;/m1./s1. The van der Waals surface area contributed by atoms with Gasteiger partial charge in [-0.05, 0) is 17.7 Å². The molecule has 1 atom stereocenters. The summed E-state index contributed by atoms with van der Waals surface area (Å²) < 4.78 is 12.7. The van der Waals surface area contributed by atoms with Gasteiger partial charge in [-0.25, -0.2) is 19.6 Å². The number of ether oxygens (including phenoxy) is 2. The van der Waals surface area contributed by atoms with Gasteiger partial charge in [-0.2, -0.15) is 18.6 Å². The van der Waals surface area contributed by atoms with E-state index in [-0.39, 0.29) is 25.5 Å². The van der Waals surface area contributed by atoms with Gasteiger partial charge in [0.25, 0.3) is 0 Å². The SMILES string of the molecule is COc1ccccc1[C@H](C)CNc1cc(-c2cnc3c(cnn3C3COC3)c2)ncn1.S. The van der Waals surface area contributed by atoms with Crippen LogP contribution in [-0.4, -0.2) is 51.6 Å². The molecule has 1 N–H and O–H groups in total. The van der Waals surface area contributed by atoms with Crippen molar-refractivity contribution in [3.63, 3.8) is 0 Å². The van der Waals surface area contributed by atoms with Crippen LogP contribution in [0.4, 0.5) is 5.82 Å². The molecule has 1 aliphatic heterocycles. The van der Waals surface area contributed by atoms with E-state index in [0.29, 0.717) is 13.2 Å². The monoisotopic (exact) mass is 450 g/mol. The summed E-state index contributed by atoms with van der Waals surface area (Å²) >= 11 is 0. The third-order valence-corrected chi connectivity index (χ3v) is 5.62. The van der Waals surface area contributed by atoms with Crippen molar-refractivity contribution in [2.24, 2.45) is 0 Å². The quantitative estimate of drug-likeness (QED) is 0.458. The number of hydrogen-bond acceptors (Lipinski definition) is 7. The lowest BCUT2D eigenvalue weighted by molar-refractivity contribution is -0.0269. The zero-order valence-electron chi connectivity index (χ0n) is 18.0. The van der Waals surface area contributed by atoms with Crippen LogP contribution in [0.2, 0.25) is 0 Å². The first-order chi connectivity index (χ1) is 15.2. The van der Waals surface area contributed by atoms with Gasteiger partial charge >= 0.3 is 0 Å². The van der Waals surface area contributed by atoms with E-state index < -0.39 is 0 Å². The van der Waals surface area contributed by atoms with Crippen LogP contribution in [-0.2, 0) is 4.74 Å². The van der Waals surface area contributed by atoms with Gasteiger partial charge in [0.05, 0.1) is 32.2 Å². The Morgan fingerprint density at radius 3 is 2.78 bits per heavy atom. The number of methoxy groups -OCH3 is 1. The molecule has 0 spiro atoms. The van der Waals surface area contributed by atoms with Crippen molar-refractivity contribution < 1.29 is 9.47 Å². The topological polar surface area (TPSA) is 87.0 Å². The maximum atomic E-state index is 5.48. The zero-order chi connectivity index (χ0) is 21.2. The normalized spacial score (nSPS) is 14.4. The minimum absolute atomic E-state index is 0. The molecule has 9 heteroatoms. The molecule has 32 heavy (non-hydrogen) atoms. The van der Waals surface area contributed by atoms with Crippen molar-refractivity contribution in [2.75, 3.05) is 32.2 Å². The summed E-state index contributed by atoms with van der Waals surface area (Å²) in [6, 6.07) is 12.4. The number of para-hydroxylation sites is 1. The molecule has 1 saturated heterocycles. The summed E-state index contributed by atoms with van der Waals surface area (Å²) in [6.07, 6.45) is 5.26. The van der Waals surface area contributed by atoms with Crippen LogP contribution in [0.15, 0.2) is 55.1 Å². The summed E-state index contributed by atoms with van der Waals surface area (Å²) in [5.41, 5.74) is 3.78. The smallest absolute Gasteiger partial charge is 0.158 e. The van der Waals surface area contributed by atoms with Crippen molar-refractivity contribution in [3.05, 3.63) is 60.7 Å². The highest BCUT2D eigenvalue weighted by molar-refractivity contribution is 7.59. The van der Waals surface area contributed by atoms with Gasteiger partial charge < -0.3 is 14.8 Å². The Hall–Kier alpha value is -3.17. The third-order valence-electron chi connectivity index (χ3n) is 5.62. The number of benzene rings is 1. The fourth-order valence-electron chi connectivity index (χ4n) is 3.76. The average Bonchev–Trinajstić information content (AvgIpc) is 3.19. The first-order valence-electron chi connectivity index (χ1n) is 10.3. The first-order valence-corrected chi connectivity index (χ1v) is 10.3. The van der Waals surface area contributed by atoms with E-state index in [1.807, 2.05) is 41.3 Å². The molecule has 4 heterocycles. The molecule has 1 fully saturated rings. The molecule has 3 aromatic heterocycles. The molecule has 0 amide bonds. The fraction of sp³-hybridized carbons (Fsp3) is 0.304. The Kier molecular flexibility index (Phi) is 6.57. The van der Waals surface area contributed by atoms with E-state index in [4.69, 9.17) is 9.47 Å². The highest BCUT2D eigenvalue weighted by Crippen LogP contribution is 2.28. The molecular weight excluding hydrogens is 424 g/mol. The Morgan fingerprint density at radius 1 is 1.16 bits per heavy atom. The molecule has 0 unspecified atom stereocenters. The summed E-state index contributed by atoms with van der Waals surface area (Å²) in [5.74, 6) is 1.93. The molecule has 4 aromatic rings. The molecule has 166 valence electrons. The molecule has 1 aliphatic rings. The lowest BCUT2D eigenvalue weighted by Gasteiger charge is -2.26. The average molecular weight is 451 g/mol. The van der Waals surface area contributed by atoms with Crippen molar-refractivity contribution in [1.82, 2.24) is 24.7 Å². The van der Waals surface area contributed by atoms with Crippen LogP contribution < -0.4 is 10.1 Å². The van der Waals surface area contributed by atoms with Crippen LogP contribution in [0.5, 0.6) is 5.75 Å². The van der Waals surface area contributed by atoms with Crippen LogP contribution in [0, 0.1) is 0 Å². The van der Waals surface area contributed by atoms with Gasteiger partial charge in [-0.3, -0.25) is 0 Å². The van der Waals surface area contributed by atoms with Crippen molar-refractivity contribution in [1.29, 1.82) is 0 Å². The minimum atomic E-state index is 0. The van der Waals surface area contributed by atoms with Gasteiger partial charge in [0.1, 0.15) is 23.9 Å². The Morgan fingerprint density at radius 2 is 2.00 bits per heavy atom. The summed E-state index contributed by atoms with van der Waals surface area (Å²) in [5, 5.41) is 8.89. The fourth-order valence-corrected chi connectivity index (χ4v) is 3.76. The van der Waals surface area contributed by atoms with Crippen molar-refractivity contribution >= 4 is 30.3 Å². The Labute approximate surface area is 193 Å². The molecular formula is C23H26N6O2S. The predicted molar refractivity (Wildman–Crippen MR) is 129 cm³/mol. The van der Waals surface area contributed by atoms with Gasteiger partial charge in [-0.15, -0.1) is 0 Å². The van der Waals surface area contributed by atoms with E-state index in [1.54, 1.807) is 13.4 Å². The number of nitrogens with zero attached hydrogens (tertiary/aromatic N) is 5. The number of aromatic nitrogens is 5. The maximum Gasteiger partial charge on any atom is 0.158 e.